The summed E-state index contributed by atoms with van der Waals surface area (Å²) in [6.45, 7) is 7.26. The van der Waals surface area contributed by atoms with Gasteiger partial charge in [-0.1, -0.05) is 44.8 Å². The standard InChI is InChI=1S/C17H31NO3/c1-4-7-8-9-10-11-12-13-15(14-16(19)20)17(21)18(5-2)6-3/h12-13,15H,4-11,14H2,1-3H3,(H,19,20)/b13-12+. The van der Waals surface area contributed by atoms with E-state index in [0.29, 0.717) is 13.1 Å². The molecular weight excluding hydrogens is 266 g/mol. The van der Waals surface area contributed by atoms with E-state index < -0.39 is 11.9 Å². The third-order valence-corrected chi connectivity index (χ3v) is 3.63. The number of carbonyl (C=O) groups is 2. The van der Waals surface area contributed by atoms with Gasteiger partial charge in [0.15, 0.2) is 0 Å². The third-order valence-electron chi connectivity index (χ3n) is 3.63. The van der Waals surface area contributed by atoms with Crippen LogP contribution in [-0.2, 0) is 9.59 Å². The van der Waals surface area contributed by atoms with Crippen LogP contribution < -0.4 is 0 Å². The van der Waals surface area contributed by atoms with E-state index in [4.69, 9.17) is 5.11 Å². The van der Waals surface area contributed by atoms with E-state index in [9.17, 15) is 9.59 Å². The lowest BCUT2D eigenvalue weighted by molar-refractivity contribution is -0.143. The van der Waals surface area contributed by atoms with Crippen molar-refractivity contribution in [3.05, 3.63) is 12.2 Å². The molecule has 0 saturated carbocycles. The SMILES string of the molecule is CCCCCCC/C=C/C(CC(=O)O)C(=O)N(CC)CC. The quantitative estimate of drug-likeness (QED) is 0.439. The number of rotatable bonds is 12. The Hall–Kier alpha value is -1.32. The number of amides is 1. The second kappa shape index (κ2) is 12.4. The Morgan fingerprint density at radius 2 is 1.67 bits per heavy atom. The van der Waals surface area contributed by atoms with Crippen molar-refractivity contribution in [3.8, 4) is 0 Å². The molecule has 0 aliphatic carbocycles. The summed E-state index contributed by atoms with van der Waals surface area (Å²) < 4.78 is 0. The van der Waals surface area contributed by atoms with Gasteiger partial charge in [-0.05, 0) is 26.7 Å². The predicted octanol–water partition coefficient (Wildman–Crippen LogP) is 3.86. The van der Waals surface area contributed by atoms with Crippen molar-refractivity contribution in [1.29, 1.82) is 0 Å². The molecule has 4 nitrogen and oxygen atoms in total. The molecular formula is C17H31NO3. The lowest BCUT2D eigenvalue weighted by Crippen LogP contribution is -2.36. The van der Waals surface area contributed by atoms with E-state index >= 15 is 0 Å². The van der Waals surface area contributed by atoms with Crippen molar-refractivity contribution in [3.63, 3.8) is 0 Å². The number of aliphatic carboxylic acids is 1. The van der Waals surface area contributed by atoms with E-state index in [1.807, 2.05) is 19.9 Å². The van der Waals surface area contributed by atoms with Crippen molar-refractivity contribution < 1.29 is 14.7 Å². The Labute approximate surface area is 129 Å². The normalized spacial score (nSPS) is 12.5. The smallest absolute Gasteiger partial charge is 0.304 e. The van der Waals surface area contributed by atoms with Gasteiger partial charge in [-0.2, -0.15) is 0 Å². The zero-order valence-corrected chi connectivity index (χ0v) is 13.8. The predicted molar refractivity (Wildman–Crippen MR) is 86.2 cm³/mol. The molecule has 0 radical (unpaired) electrons. The molecule has 21 heavy (non-hydrogen) atoms. The maximum Gasteiger partial charge on any atom is 0.304 e. The molecule has 0 aromatic heterocycles. The number of carboxylic acid groups (broad SMARTS) is 1. The maximum atomic E-state index is 12.3. The minimum atomic E-state index is -0.923. The molecule has 0 spiro atoms. The van der Waals surface area contributed by atoms with Crippen LogP contribution in [0.25, 0.3) is 0 Å². The molecule has 4 heteroatoms. The first-order chi connectivity index (χ1) is 10.1. The molecule has 1 atom stereocenters. The summed E-state index contributed by atoms with van der Waals surface area (Å²) in [5, 5.41) is 8.96. The van der Waals surface area contributed by atoms with E-state index in [1.165, 1.54) is 25.7 Å². The average Bonchev–Trinajstić information content (AvgIpc) is 2.45. The molecule has 1 unspecified atom stereocenters. The van der Waals surface area contributed by atoms with E-state index in [-0.39, 0.29) is 12.3 Å². The zero-order chi connectivity index (χ0) is 16.1. The number of nitrogens with zero attached hydrogens (tertiary/aromatic N) is 1. The molecule has 0 aromatic rings. The van der Waals surface area contributed by atoms with Crippen molar-refractivity contribution in [2.45, 2.75) is 65.7 Å². The number of allylic oxidation sites excluding steroid dienone is 1. The molecule has 122 valence electrons. The van der Waals surface area contributed by atoms with Crippen LogP contribution in [0.5, 0.6) is 0 Å². The fourth-order valence-corrected chi connectivity index (χ4v) is 2.32. The number of hydrogen-bond acceptors (Lipinski definition) is 2. The third kappa shape index (κ3) is 9.27. The topological polar surface area (TPSA) is 57.6 Å². The summed E-state index contributed by atoms with van der Waals surface area (Å²) in [6, 6.07) is 0. The molecule has 0 rings (SSSR count). The molecule has 0 fully saturated rings. The van der Waals surface area contributed by atoms with Gasteiger partial charge in [-0.15, -0.1) is 0 Å². The van der Waals surface area contributed by atoms with Gasteiger partial charge in [-0.3, -0.25) is 9.59 Å². The first kappa shape index (κ1) is 19.7. The van der Waals surface area contributed by atoms with Crippen LogP contribution in [0.1, 0.15) is 65.7 Å². The van der Waals surface area contributed by atoms with Crippen molar-refractivity contribution in [2.24, 2.45) is 5.92 Å². The fourth-order valence-electron chi connectivity index (χ4n) is 2.32. The Morgan fingerprint density at radius 3 is 2.19 bits per heavy atom. The molecule has 0 aliphatic rings. The lowest BCUT2D eigenvalue weighted by Gasteiger charge is -2.22. The van der Waals surface area contributed by atoms with Crippen molar-refractivity contribution in [2.75, 3.05) is 13.1 Å². The Morgan fingerprint density at radius 1 is 1.05 bits per heavy atom. The summed E-state index contributed by atoms with van der Waals surface area (Å²) in [5.41, 5.74) is 0. The largest absolute Gasteiger partial charge is 0.481 e. The second-order valence-corrected chi connectivity index (χ2v) is 5.35. The molecule has 0 saturated heterocycles. The van der Waals surface area contributed by atoms with Crippen LogP contribution >= 0.6 is 0 Å². The van der Waals surface area contributed by atoms with Crippen molar-refractivity contribution >= 4 is 11.9 Å². The second-order valence-electron chi connectivity index (χ2n) is 5.35. The molecule has 0 heterocycles. The van der Waals surface area contributed by atoms with Gasteiger partial charge in [0.2, 0.25) is 5.91 Å². The zero-order valence-electron chi connectivity index (χ0n) is 13.8. The highest BCUT2D eigenvalue weighted by Crippen LogP contribution is 2.12. The number of carboxylic acids is 1. The van der Waals surface area contributed by atoms with E-state index in [0.717, 1.165) is 12.8 Å². The summed E-state index contributed by atoms with van der Waals surface area (Å²) in [4.78, 5) is 24.9. The number of carbonyl (C=O) groups excluding carboxylic acids is 1. The van der Waals surface area contributed by atoms with Gasteiger partial charge in [0.25, 0.3) is 0 Å². The highest BCUT2D eigenvalue weighted by Gasteiger charge is 2.22. The van der Waals surface area contributed by atoms with Crippen LogP contribution in [0.2, 0.25) is 0 Å². The van der Waals surface area contributed by atoms with Crippen LogP contribution in [-0.4, -0.2) is 35.0 Å². The van der Waals surface area contributed by atoms with Gasteiger partial charge >= 0.3 is 5.97 Å². The molecule has 0 aliphatic heterocycles. The van der Waals surface area contributed by atoms with Crippen LogP contribution in [0.3, 0.4) is 0 Å². The first-order valence-corrected chi connectivity index (χ1v) is 8.23. The summed E-state index contributed by atoms with van der Waals surface area (Å²) in [5.74, 6) is -1.53. The summed E-state index contributed by atoms with van der Waals surface area (Å²) in [7, 11) is 0. The average molecular weight is 297 g/mol. The van der Waals surface area contributed by atoms with Crippen molar-refractivity contribution in [1.82, 2.24) is 4.90 Å². The lowest BCUT2D eigenvalue weighted by atomic mass is 10.0. The minimum absolute atomic E-state index is 0.0790. The van der Waals surface area contributed by atoms with Gasteiger partial charge < -0.3 is 10.0 Å². The molecule has 1 amide bonds. The monoisotopic (exact) mass is 297 g/mol. The number of hydrogen-bond donors (Lipinski definition) is 1. The maximum absolute atomic E-state index is 12.3. The minimum Gasteiger partial charge on any atom is -0.481 e. The molecule has 1 N–H and O–H groups in total. The summed E-state index contributed by atoms with van der Waals surface area (Å²) in [6.07, 6.45) is 10.6. The van der Waals surface area contributed by atoms with Gasteiger partial charge in [-0.25, -0.2) is 0 Å². The van der Waals surface area contributed by atoms with Crippen LogP contribution in [0.4, 0.5) is 0 Å². The highest BCUT2D eigenvalue weighted by molar-refractivity contribution is 5.84. The summed E-state index contributed by atoms with van der Waals surface area (Å²) >= 11 is 0. The van der Waals surface area contributed by atoms with Gasteiger partial charge in [0.05, 0.1) is 12.3 Å². The van der Waals surface area contributed by atoms with Gasteiger partial charge in [0.1, 0.15) is 0 Å². The van der Waals surface area contributed by atoms with Gasteiger partial charge in [0, 0.05) is 13.1 Å². The Bertz CT molecular complexity index is 322. The van der Waals surface area contributed by atoms with Crippen LogP contribution in [0, 0.1) is 5.92 Å². The highest BCUT2D eigenvalue weighted by atomic mass is 16.4. The van der Waals surface area contributed by atoms with Crippen LogP contribution in [0.15, 0.2) is 12.2 Å². The molecule has 0 bridgehead atoms. The molecule has 0 aromatic carbocycles. The van der Waals surface area contributed by atoms with E-state index in [1.54, 1.807) is 11.0 Å². The Kier molecular flexibility index (Phi) is 11.6. The fraction of sp³-hybridized carbons (Fsp3) is 0.765. The Balaban J connectivity index is 4.35. The number of unbranched alkanes of at least 4 members (excludes halogenated alkanes) is 5. The van der Waals surface area contributed by atoms with E-state index in [2.05, 4.69) is 6.92 Å². The first-order valence-electron chi connectivity index (χ1n) is 8.23.